The maximum absolute atomic E-state index is 10.8. The van der Waals surface area contributed by atoms with Gasteiger partial charge in [0, 0.05) is 17.3 Å². The molecule has 0 fully saturated rings. The summed E-state index contributed by atoms with van der Waals surface area (Å²) in [6.07, 6.45) is 0. The van der Waals surface area contributed by atoms with Gasteiger partial charge in [-0.15, -0.1) is 5.10 Å². The number of primary sulfonamides is 1. The van der Waals surface area contributed by atoms with Gasteiger partial charge in [-0.25, -0.2) is 13.6 Å². The van der Waals surface area contributed by atoms with Crippen molar-refractivity contribution in [3.8, 4) is 0 Å². The zero-order valence-electron chi connectivity index (χ0n) is 9.92. The Morgan fingerprint density at radius 1 is 1.22 bits per heavy atom. The smallest absolute Gasteiger partial charge is 0.210 e. The predicted octanol–water partition coefficient (Wildman–Crippen LogP) is 0.639. The van der Waals surface area contributed by atoms with Crippen LogP contribution in [0.4, 0.5) is 5.82 Å². The summed E-state index contributed by atoms with van der Waals surface area (Å²) in [5, 5.41) is 17.8. The second-order valence-corrected chi connectivity index (χ2v) is 5.71. The van der Waals surface area contributed by atoms with E-state index in [1.54, 1.807) is 0 Å². The lowest BCUT2D eigenvalue weighted by Crippen LogP contribution is -2.22. The zero-order chi connectivity index (χ0) is 13.2. The van der Waals surface area contributed by atoms with Crippen LogP contribution in [0, 0.1) is 6.92 Å². The highest BCUT2D eigenvalue weighted by molar-refractivity contribution is 7.89. The molecule has 1 heterocycles. The first kappa shape index (κ1) is 12.7. The molecule has 2 rings (SSSR count). The van der Waals surface area contributed by atoms with E-state index in [9.17, 15) is 8.42 Å². The molecule has 1 aromatic carbocycles. The number of aryl methyl sites for hydroxylation is 1. The second kappa shape index (κ2) is 4.87. The molecule has 18 heavy (non-hydrogen) atoms. The summed E-state index contributed by atoms with van der Waals surface area (Å²) in [4.78, 5) is 0. The Morgan fingerprint density at radius 3 is 2.56 bits per heavy atom. The Hall–Kier alpha value is -1.73. The van der Waals surface area contributed by atoms with Crippen molar-refractivity contribution in [2.45, 2.75) is 6.92 Å². The molecule has 0 aliphatic carbocycles. The maximum Gasteiger partial charge on any atom is 0.210 e. The summed E-state index contributed by atoms with van der Waals surface area (Å²) < 4.78 is 21.7. The molecule has 0 aliphatic rings. The Balaban J connectivity index is 2.26. The molecule has 0 atom stereocenters. The molecule has 0 bridgehead atoms. The molecule has 0 spiro atoms. The lowest BCUT2D eigenvalue weighted by molar-refractivity contribution is 0.598. The molecular weight excluding hydrogens is 252 g/mol. The van der Waals surface area contributed by atoms with Crippen LogP contribution in [-0.2, 0) is 10.0 Å². The van der Waals surface area contributed by atoms with E-state index in [0.29, 0.717) is 5.82 Å². The summed E-state index contributed by atoms with van der Waals surface area (Å²) in [6.45, 7) is 2.09. The first-order valence-corrected chi connectivity index (χ1v) is 7.15. The fourth-order valence-corrected chi connectivity index (χ4v) is 2.07. The van der Waals surface area contributed by atoms with Gasteiger partial charge in [-0.2, -0.15) is 5.10 Å². The molecule has 0 unspecified atom stereocenters. The molecule has 3 N–H and O–H groups in total. The van der Waals surface area contributed by atoms with Crippen molar-refractivity contribution in [2.24, 2.45) is 5.14 Å². The standard InChI is InChI=1S/C11H14N4O2S/c1-8-9-4-2-3-5-10(9)11(15-14-8)13-6-7-18(12,16)17/h2-5H,6-7H2,1H3,(H,13,15)(H2,12,16,17). The van der Waals surface area contributed by atoms with Crippen LogP contribution in [0.15, 0.2) is 24.3 Å². The van der Waals surface area contributed by atoms with Crippen molar-refractivity contribution >= 4 is 26.6 Å². The monoisotopic (exact) mass is 266 g/mol. The van der Waals surface area contributed by atoms with Gasteiger partial charge in [0.05, 0.1) is 11.4 Å². The minimum Gasteiger partial charge on any atom is -0.367 e. The maximum atomic E-state index is 10.8. The van der Waals surface area contributed by atoms with Crippen molar-refractivity contribution in [3.63, 3.8) is 0 Å². The van der Waals surface area contributed by atoms with Gasteiger partial charge in [0.15, 0.2) is 5.82 Å². The summed E-state index contributed by atoms with van der Waals surface area (Å²) in [6, 6.07) is 7.68. The molecule has 7 heteroatoms. The Labute approximate surface area is 105 Å². The van der Waals surface area contributed by atoms with E-state index in [1.807, 2.05) is 31.2 Å². The minimum absolute atomic E-state index is 0.142. The number of sulfonamides is 1. The largest absolute Gasteiger partial charge is 0.367 e. The van der Waals surface area contributed by atoms with Gasteiger partial charge < -0.3 is 5.32 Å². The highest BCUT2D eigenvalue weighted by atomic mass is 32.2. The van der Waals surface area contributed by atoms with Crippen LogP contribution in [0.2, 0.25) is 0 Å². The quantitative estimate of drug-likeness (QED) is 0.846. The third-order valence-electron chi connectivity index (χ3n) is 2.55. The number of hydrogen-bond donors (Lipinski definition) is 2. The van der Waals surface area contributed by atoms with Crippen LogP contribution in [0.5, 0.6) is 0 Å². The molecule has 2 aromatic rings. The van der Waals surface area contributed by atoms with Gasteiger partial charge in [0.2, 0.25) is 10.0 Å². The first-order valence-electron chi connectivity index (χ1n) is 5.44. The number of nitrogens with zero attached hydrogens (tertiary/aromatic N) is 2. The molecule has 0 saturated carbocycles. The summed E-state index contributed by atoms with van der Waals surface area (Å²) >= 11 is 0. The zero-order valence-corrected chi connectivity index (χ0v) is 10.7. The lowest BCUT2D eigenvalue weighted by atomic mass is 10.1. The number of nitrogens with one attached hydrogen (secondary N) is 1. The van der Waals surface area contributed by atoms with Crippen LogP contribution in [-0.4, -0.2) is 30.9 Å². The third-order valence-corrected chi connectivity index (χ3v) is 3.32. The van der Waals surface area contributed by atoms with Crippen LogP contribution in [0.3, 0.4) is 0 Å². The lowest BCUT2D eigenvalue weighted by Gasteiger charge is -2.08. The van der Waals surface area contributed by atoms with Gasteiger partial charge in [0.25, 0.3) is 0 Å². The van der Waals surface area contributed by atoms with E-state index in [4.69, 9.17) is 5.14 Å². The van der Waals surface area contributed by atoms with Gasteiger partial charge in [-0.1, -0.05) is 24.3 Å². The molecule has 1 aromatic heterocycles. The van der Waals surface area contributed by atoms with Gasteiger partial charge >= 0.3 is 0 Å². The van der Waals surface area contributed by atoms with Crippen molar-refractivity contribution in [1.29, 1.82) is 0 Å². The van der Waals surface area contributed by atoms with E-state index in [0.717, 1.165) is 16.5 Å². The van der Waals surface area contributed by atoms with E-state index < -0.39 is 10.0 Å². The number of fused-ring (bicyclic) bond motifs is 1. The van der Waals surface area contributed by atoms with E-state index in [1.165, 1.54) is 0 Å². The van der Waals surface area contributed by atoms with Gasteiger partial charge in [-0.05, 0) is 6.92 Å². The molecule has 6 nitrogen and oxygen atoms in total. The molecule has 96 valence electrons. The van der Waals surface area contributed by atoms with Crippen molar-refractivity contribution in [3.05, 3.63) is 30.0 Å². The van der Waals surface area contributed by atoms with E-state index in [2.05, 4.69) is 15.5 Å². The Morgan fingerprint density at radius 2 is 1.89 bits per heavy atom. The molecule has 0 saturated heterocycles. The average molecular weight is 266 g/mol. The van der Waals surface area contributed by atoms with Gasteiger partial charge in [0.1, 0.15) is 0 Å². The highest BCUT2D eigenvalue weighted by Gasteiger charge is 2.07. The van der Waals surface area contributed by atoms with Crippen LogP contribution in [0.1, 0.15) is 5.69 Å². The normalized spacial score (nSPS) is 11.7. The molecular formula is C11H14N4O2S. The SMILES string of the molecule is Cc1nnc(NCCS(N)(=O)=O)c2ccccc12. The number of aromatic nitrogens is 2. The summed E-state index contributed by atoms with van der Waals surface area (Å²) in [5.41, 5.74) is 0.836. The predicted molar refractivity (Wildman–Crippen MR) is 70.7 cm³/mol. The Bertz CT molecular complexity index is 670. The second-order valence-electron chi connectivity index (χ2n) is 3.97. The van der Waals surface area contributed by atoms with Gasteiger partial charge in [-0.3, -0.25) is 0 Å². The topological polar surface area (TPSA) is 98.0 Å². The number of rotatable bonds is 4. The third kappa shape index (κ3) is 2.93. The first-order chi connectivity index (χ1) is 8.47. The molecule has 0 radical (unpaired) electrons. The van der Waals surface area contributed by atoms with Crippen LogP contribution < -0.4 is 10.5 Å². The van der Waals surface area contributed by atoms with Crippen LogP contribution >= 0.6 is 0 Å². The van der Waals surface area contributed by atoms with Crippen molar-refractivity contribution in [1.82, 2.24) is 10.2 Å². The molecule has 0 amide bonds. The fraction of sp³-hybridized carbons (Fsp3) is 0.273. The minimum atomic E-state index is -3.47. The fourth-order valence-electron chi connectivity index (χ4n) is 1.68. The van der Waals surface area contributed by atoms with Crippen LogP contribution in [0.25, 0.3) is 10.8 Å². The number of anilines is 1. The number of benzene rings is 1. The molecule has 0 aliphatic heterocycles. The van der Waals surface area contributed by atoms with Crippen molar-refractivity contribution in [2.75, 3.05) is 17.6 Å². The Kier molecular flexibility index (Phi) is 3.44. The summed E-state index contributed by atoms with van der Waals surface area (Å²) in [5.74, 6) is 0.427. The number of hydrogen-bond acceptors (Lipinski definition) is 5. The highest BCUT2D eigenvalue weighted by Crippen LogP contribution is 2.21. The van der Waals surface area contributed by atoms with E-state index in [-0.39, 0.29) is 12.3 Å². The average Bonchev–Trinajstić information content (AvgIpc) is 2.31. The summed E-state index contributed by atoms with van der Waals surface area (Å²) in [7, 11) is -3.47. The van der Waals surface area contributed by atoms with E-state index >= 15 is 0 Å². The van der Waals surface area contributed by atoms with Crippen molar-refractivity contribution < 1.29 is 8.42 Å². The number of nitrogens with two attached hydrogens (primary N) is 1.